The summed E-state index contributed by atoms with van der Waals surface area (Å²) in [6.45, 7) is 2.79. The lowest BCUT2D eigenvalue weighted by Crippen LogP contribution is -2.76. The van der Waals surface area contributed by atoms with Gasteiger partial charge in [-0.15, -0.1) is 10.2 Å². The van der Waals surface area contributed by atoms with E-state index in [2.05, 4.69) is 22.2 Å². The summed E-state index contributed by atoms with van der Waals surface area (Å²) >= 11 is 0. The van der Waals surface area contributed by atoms with Gasteiger partial charge in [-0.05, 0) is 36.1 Å². The SMILES string of the molecule is CCCCCc1cn(Cc2cc(C[NH+]=C(N)N)cc(C(=O)ON3C(=O)CCC3=O)c2)nn1. The van der Waals surface area contributed by atoms with Gasteiger partial charge in [0.05, 0.1) is 24.3 Å². The molecule has 1 aromatic heterocycles. The van der Waals surface area contributed by atoms with Crippen molar-refractivity contribution >= 4 is 23.7 Å². The van der Waals surface area contributed by atoms with E-state index >= 15 is 0 Å². The molecule has 11 heteroatoms. The molecular weight excluding hydrogens is 414 g/mol. The van der Waals surface area contributed by atoms with Crippen LogP contribution in [0.2, 0.25) is 0 Å². The summed E-state index contributed by atoms with van der Waals surface area (Å²) in [6.07, 6.45) is 6.12. The quantitative estimate of drug-likeness (QED) is 0.185. The van der Waals surface area contributed by atoms with E-state index < -0.39 is 17.8 Å². The molecule has 1 saturated heterocycles. The van der Waals surface area contributed by atoms with E-state index in [9.17, 15) is 14.4 Å². The van der Waals surface area contributed by atoms with Crippen LogP contribution in [0, 0.1) is 0 Å². The second-order valence-corrected chi connectivity index (χ2v) is 7.67. The van der Waals surface area contributed by atoms with Crippen LogP contribution < -0.4 is 16.5 Å². The predicted molar refractivity (Wildman–Crippen MR) is 113 cm³/mol. The lowest BCUT2D eigenvalue weighted by molar-refractivity contribution is -0.477. The first kappa shape index (κ1) is 22.9. The second-order valence-electron chi connectivity index (χ2n) is 7.67. The van der Waals surface area contributed by atoms with Crippen molar-refractivity contribution in [1.82, 2.24) is 20.1 Å². The Kier molecular flexibility index (Phi) is 7.53. The molecule has 170 valence electrons. The molecule has 0 saturated carbocycles. The van der Waals surface area contributed by atoms with Gasteiger partial charge in [0.25, 0.3) is 11.8 Å². The number of guanidine groups is 1. The summed E-state index contributed by atoms with van der Waals surface area (Å²) in [4.78, 5) is 44.1. The highest BCUT2D eigenvalue weighted by Crippen LogP contribution is 2.17. The van der Waals surface area contributed by atoms with Crippen LogP contribution in [0.25, 0.3) is 0 Å². The van der Waals surface area contributed by atoms with Crippen LogP contribution in [-0.4, -0.2) is 43.8 Å². The number of hydroxylamine groups is 2. The maximum atomic E-state index is 12.7. The van der Waals surface area contributed by atoms with Gasteiger partial charge in [0.15, 0.2) is 0 Å². The number of unbranched alkanes of at least 4 members (excludes halogenated alkanes) is 2. The molecule has 5 N–H and O–H groups in total. The van der Waals surface area contributed by atoms with Crippen LogP contribution in [-0.2, 0) is 33.9 Å². The van der Waals surface area contributed by atoms with Gasteiger partial charge in [0, 0.05) is 19.0 Å². The Balaban J connectivity index is 1.79. The summed E-state index contributed by atoms with van der Waals surface area (Å²) in [7, 11) is 0. The fraction of sp³-hybridized carbons (Fsp3) is 0.429. The molecule has 32 heavy (non-hydrogen) atoms. The zero-order chi connectivity index (χ0) is 23.1. The summed E-state index contributed by atoms with van der Waals surface area (Å²) in [6, 6.07) is 5.09. The predicted octanol–water partition coefficient (Wildman–Crippen LogP) is -0.866. The first-order chi connectivity index (χ1) is 15.4. The highest BCUT2D eigenvalue weighted by molar-refractivity contribution is 6.02. The third-order valence-electron chi connectivity index (χ3n) is 4.93. The van der Waals surface area contributed by atoms with E-state index in [1.54, 1.807) is 16.8 Å². The van der Waals surface area contributed by atoms with E-state index in [-0.39, 0.29) is 30.9 Å². The zero-order valence-corrected chi connectivity index (χ0v) is 18.0. The number of imide groups is 1. The monoisotopic (exact) mass is 442 g/mol. The lowest BCUT2D eigenvalue weighted by atomic mass is 10.1. The van der Waals surface area contributed by atoms with E-state index in [1.165, 1.54) is 0 Å². The van der Waals surface area contributed by atoms with Gasteiger partial charge in [-0.25, -0.2) is 9.48 Å². The number of rotatable bonds is 10. The summed E-state index contributed by atoms with van der Waals surface area (Å²) in [5, 5.41) is 8.89. The zero-order valence-electron chi connectivity index (χ0n) is 18.0. The number of benzene rings is 1. The number of hydrogen-bond acceptors (Lipinski definition) is 6. The van der Waals surface area contributed by atoms with Crippen LogP contribution in [0.15, 0.2) is 24.4 Å². The number of carbonyl (C=O) groups excluding carboxylic acids is 3. The topological polar surface area (TPSA) is 160 Å². The van der Waals surface area contributed by atoms with E-state index in [4.69, 9.17) is 16.3 Å². The molecule has 2 heterocycles. The minimum atomic E-state index is -0.805. The minimum absolute atomic E-state index is 0.0276. The lowest BCUT2D eigenvalue weighted by Gasteiger charge is -2.14. The number of aromatic nitrogens is 3. The Morgan fingerprint density at radius 1 is 1.12 bits per heavy atom. The molecule has 1 aromatic carbocycles. The average molecular weight is 443 g/mol. The number of nitrogens with one attached hydrogen (secondary N) is 1. The number of hydrogen-bond donors (Lipinski definition) is 3. The van der Waals surface area contributed by atoms with Crippen molar-refractivity contribution in [1.29, 1.82) is 0 Å². The van der Waals surface area contributed by atoms with Crippen molar-refractivity contribution in [3.8, 4) is 0 Å². The fourth-order valence-corrected chi connectivity index (χ4v) is 3.34. The molecule has 0 radical (unpaired) electrons. The van der Waals surface area contributed by atoms with Crippen molar-refractivity contribution in [3.63, 3.8) is 0 Å². The number of nitrogens with zero attached hydrogens (tertiary/aromatic N) is 4. The molecule has 11 nitrogen and oxygen atoms in total. The highest BCUT2D eigenvalue weighted by atomic mass is 16.7. The normalized spacial score (nSPS) is 13.5. The van der Waals surface area contributed by atoms with Gasteiger partial charge in [-0.2, -0.15) is 0 Å². The van der Waals surface area contributed by atoms with E-state index in [1.807, 2.05) is 12.3 Å². The van der Waals surface area contributed by atoms with Crippen LogP contribution in [0.4, 0.5) is 0 Å². The van der Waals surface area contributed by atoms with Crippen LogP contribution >= 0.6 is 0 Å². The van der Waals surface area contributed by atoms with Crippen molar-refractivity contribution < 1.29 is 24.2 Å². The fourth-order valence-electron chi connectivity index (χ4n) is 3.34. The van der Waals surface area contributed by atoms with Crippen LogP contribution in [0.5, 0.6) is 0 Å². The molecule has 0 spiro atoms. The maximum absolute atomic E-state index is 12.7. The molecule has 2 amide bonds. The van der Waals surface area contributed by atoms with Crippen molar-refractivity contribution in [2.75, 3.05) is 0 Å². The third-order valence-corrected chi connectivity index (χ3v) is 4.93. The van der Waals surface area contributed by atoms with Crippen molar-refractivity contribution in [3.05, 3.63) is 46.8 Å². The molecule has 0 unspecified atom stereocenters. The van der Waals surface area contributed by atoms with Gasteiger partial charge in [-0.1, -0.05) is 31.0 Å². The summed E-state index contributed by atoms with van der Waals surface area (Å²) in [5.74, 6) is -1.84. The molecule has 1 fully saturated rings. The highest BCUT2D eigenvalue weighted by Gasteiger charge is 2.33. The first-order valence-electron chi connectivity index (χ1n) is 10.6. The molecular formula is C21H28N7O4+. The van der Waals surface area contributed by atoms with Crippen LogP contribution in [0.3, 0.4) is 0 Å². The van der Waals surface area contributed by atoms with E-state index in [0.717, 1.165) is 36.9 Å². The summed E-state index contributed by atoms with van der Waals surface area (Å²) in [5.41, 5.74) is 13.5. The van der Waals surface area contributed by atoms with Gasteiger partial charge in [0.1, 0.15) is 0 Å². The largest absolute Gasteiger partial charge is 0.363 e. The number of aryl methyl sites for hydroxylation is 1. The van der Waals surface area contributed by atoms with Crippen LogP contribution in [0.1, 0.15) is 66.2 Å². The standard InChI is InChI=1S/C21H27N7O4/c1-2-3-4-5-17-13-27(26-25-17)12-15-8-14(11-24-21(22)23)9-16(10-15)20(31)32-28-18(29)6-7-19(28)30/h8-10,13H,2-7,11-12H2,1H3,(H4,22,23,24)/p+1. The van der Waals surface area contributed by atoms with Crippen molar-refractivity contribution in [2.24, 2.45) is 11.5 Å². The molecule has 0 aliphatic carbocycles. The Bertz CT molecular complexity index is 1010. The molecule has 2 aromatic rings. The Morgan fingerprint density at radius 2 is 1.84 bits per heavy atom. The molecule has 0 atom stereocenters. The number of amides is 2. The first-order valence-corrected chi connectivity index (χ1v) is 10.6. The van der Waals surface area contributed by atoms with Gasteiger partial charge in [-0.3, -0.25) is 26.0 Å². The smallest absolute Gasteiger partial charge is 0.325 e. The number of carbonyl (C=O) groups is 3. The minimum Gasteiger partial charge on any atom is -0.325 e. The second kappa shape index (κ2) is 10.5. The number of nitrogens with two attached hydrogens (primary N) is 2. The third kappa shape index (κ3) is 6.13. The van der Waals surface area contributed by atoms with Crippen molar-refractivity contribution in [2.45, 2.75) is 58.5 Å². The Hall–Kier alpha value is -3.76. The Morgan fingerprint density at radius 3 is 2.53 bits per heavy atom. The van der Waals surface area contributed by atoms with Gasteiger partial charge < -0.3 is 4.84 Å². The molecule has 1 aliphatic rings. The molecule has 1 aliphatic heterocycles. The average Bonchev–Trinajstić information content (AvgIpc) is 3.33. The van der Waals surface area contributed by atoms with E-state index in [0.29, 0.717) is 17.2 Å². The maximum Gasteiger partial charge on any atom is 0.363 e. The van der Waals surface area contributed by atoms with Gasteiger partial charge >= 0.3 is 11.9 Å². The Labute approximate surface area is 185 Å². The summed E-state index contributed by atoms with van der Waals surface area (Å²) < 4.78 is 1.69. The molecule has 3 rings (SSSR count). The van der Waals surface area contributed by atoms with Gasteiger partial charge in [0.2, 0.25) is 0 Å². The molecule has 0 bridgehead atoms.